The summed E-state index contributed by atoms with van der Waals surface area (Å²) in [6.45, 7) is 1.88. The van der Waals surface area contributed by atoms with Gasteiger partial charge in [0.05, 0.1) is 10.6 Å². The summed E-state index contributed by atoms with van der Waals surface area (Å²) in [7, 11) is -3.49. The molecule has 19 heavy (non-hydrogen) atoms. The number of nitrogens with two attached hydrogens (primary N) is 1. The average Bonchev–Trinajstić information content (AvgIpc) is 2.27. The Kier molecular flexibility index (Phi) is 3.57. The van der Waals surface area contributed by atoms with Crippen LogP contribution >= 0.6 is 0 Å². The van der Waals surface area contributed by atoms with Crippen molar-refractivity contribution in [3.63, 3.8) is 0 Å². The topological polar surface area (TPSA) is 60.2 Å². The Bertz CT molecular complexity index is 674. The van der Waals surface area contributed by atoms with Gasteiger partial charge in [0, 0.05) is 5.69 Å². The molecule has 0 fully saturated rings. The maximum absolute atomic E-state index is 13.2. The molecular weight excluding hydrogens is 265 g/mol. The summed E-state index contributed by atoms with van der Waals surface area (Å²) in [5.74, 6) is -0.799. The zero-order chi connectivity index (χ0) is 14.0. The highest BCUT2D eigenvalue weighted by molar-refractivity contribution is 7.90. The molecule has 0 aliphatic heterocycles. The third-order valence-electron chi connectivity index (χ3n) is 2.72. The Hall–Kier alpha value is -1.88. The lowest BCUT2D eigenvalue weighted by molar-refractivity contribution is 0.594. The fraction of sp³-hybridized carbons (Fsp3) is 0.143. The van der Waals surface area contributed by atoms with Crippen molar-refractivity contribution in [2.24, 2.45) is 0 Å². The van der Waals surface area contributed by atoms with E-state index in [0.29, 0.717) is 5.56 Å². The molecule has 0 aliphatic rings. The molecule has 0 atom stereocenters. The zero-order valence-electron chi connectivity index (χ0n) is 10.4. The van der Waals surface area contributed by atoms with E-state index >= 15 is 0 Å². The summed E-state index contributed by atoms with van der Waals surface area (Å²) in [6.07, 6.45) is 0. The molecule has 0 spiro atoms. The van der Waals surface area contributed by atoms with E-state index in [0.717, 1.165) is 11.6 Å². The van der Waals surface area contributed by atoms with Crippen molar-refractivity contribution in [1.82, 2.24) is 0 Å². The smallest absolute Gasteiger partial charge is 0.182 e. The van der Waals surface area contributed by atoms with Gasteiger partial charge < -0.3 is 5.73 Å². The highest BCUT2D eigenvalue weighted by Gasteiger charge is 2.15. The van der Waals surface area contributed by atoms with Crippen molar-refractivity contribution in [2.75, 3.05) is 5.73 Å². The number of anilines is 1. The number of hydrogen-bond donors (Lipinski definition) is 1. The van der Waals surface area contributed by atoms with E-state index in [-0.39, 0.29) is 16.3 Å². The number of rotatable bonds is 3. The van der Waals surface area contributed by atoms with E-state index in [1.807, 2.05) is 6.92 Å². The summed E-state index contributed by atoms with van der Waals surface area (Å²) >= 11 is 0. The predicted octanol–water partition coefficient (Wildman–Crippen LogP) is 2.69. The van der Waals surface area contributed by atoms with Gasteiger partial charge in [0.25, 0.3) is 0 Å². The first-order valence-corrected chi connectivity index (χ1v) is 7.36. The molecule has 100 valence electrons. The molecule has 5 heteroatoms. The zero-order valence-corrected chi connectivity index (χ0v) is 11.2. The van der Waals surface area contributed by atoms with Crippen molar-refractivity contribution in [2.45, 2.75) is 17.6 Å². The van der Waals surface area contributed by atoms with Gasteiger partial charge >= 0.3 is 0 Å². The molecule has 0 amide bonds. The van der Waals surface area contributed by atoms with Gasteiger partial charge in [-0.2, -0.15) is 0 Å². The quantitative estimate of drug-likeness (QED) is 0.879. The van der Waals surface area contributed by atoms with Crippen LogP contribution in [0.2, 0.25) is 0 Å². The van der Waals surface area contributed by atoms with Crippen LogP contribution in [0.1, 0.15) is 11.1 Å². The van der Waals surface area contributed by atoms with Gasteiger partial charge in [0.2, 0.25) is 0 Å². The fourth-order valence-electron chi connectivity index (χ4n) is 1.81. The van der Waals surface area contributed by atoms with E-state index in [1.165, 1.54) is 12.1 Å². The Morgan fingerprint density at radius 1 is 1.11 bits per heavy atom. The van der Waals surface area contributed by atoms with Crippen molar-refractivity contribution in [3.8, 4) is 0 Å². The lowest BCUT2D eigenvalue weighted by Gasteiger charge is -2.06. The van der Waals surface area contributed by atoms with Gasteiger partial charge in [0.1, 0.15) is 5.82 Å². The minimum absolute atomic E-state index is 0.217. The van der Waals surface area contributed by atoms with Crippen LogP contribution in [-0.2, 0) is 15.6 Å². The largest absolute Gasteiger partial charge is 0.399 e. The summed E-state index contributed by atoms with van der Waals surface area (Å²) in [5, 5.41) is 0. The predicted molar refractivity (Wildman–Crippen MR) is 72.9 cm³/mol. The Balaban J connectivity index is 2.33. The van der Waals surface area contributed by atoms with E-state index < -0.39 is 15.7 Å². The van der Waals surface area contributed by atoms with Crippen LogP contribution in [0.25, 0.3) is 0 Å². The van der Waals surface area contributed by atoms with Crippen molar-refractivity contribution < 1.29 is 12.8 Å². The summed E-state index contributed by atoms with van der Waals surface area (Å²) in [6, 6.07) is 10.4. The van der Waals surface area contributed by atoms with Crippen LogP contribution in [-0.4, -0.2) is 8.42 Å². The summed E-state index contributed by atoms with van der Waals surface area (Å²) in [4.78, 5) is 0.223. The number of sulfone groups is 1. The van der Waals surface area contributed by atoms with E-state index in [2.05, 4.69) is 0 Å². The molecular formula is C14H14FNO2S. The number of aryl methyl sites for hydroxylation is 1. The molecule has 0 saturated carbocycles. The maximum atomic E-state index is 13.2. The average molecular weight is 279 g/mol. The molecule has 0 aromatic heterocycles. The van der Waals surface area contributed by atoms with Crippen LogP contribution < -0.4 is 5.73 Å². The van der Waals surface area contributed by atoms with Crippen LogP contribution in [0.3, 0.4) is 0 Å². The first kappa shape index (κ1) is 13.5. The van der Waals surface area contributed by atoms with E-state index in [4.69, 9.17) is 5.73 Å². The molecule has 0 saturated heterocycles. The maximum Gasteiger partial charge on any atom is 0.182 e. The van der Waals surface area contributed by atoms with Gasteiger partial charge in [-0.05, 0) is 42.8 Å². The molecule has 0 unspecified atom stereocenters. The number of hydrogen-bond acceptors (Lipinski definition) is 3. The van der Waals surface area contributed by atoms with Gasteiger partial charge in [-0.25, -0.2) is 12.8 Å². The van der Waals surface area contributed by atoms with Crippen molar-refractivity contribution in [3.05, 3.63) is 59.4 Å². The first-order chi connectivity index (χ1) is 8.87. The molecule has 3 nitrogen and oxygen atoms in total. The van der Waals surface area contributed by atoms with Gasteiger partial charge in [-0.15, -0.1) is 0 Å². The summed E-state index contributed by atoms with van der Waals surface area (Å²) < 4.78 is 37.5. The second kappa shape index (κ2) is 5.01. The fourth-order valence-corrected chi connectivity index (χ4v) is 3.13. The number of benzene rings is 2. The Morgan fingerprint density at radius 3 is 2.32 bits per heavy atom. The van der Waals surface area contributed by atoms with Gasteiger partial charge in [0.15, 0.2) is 9.84 Å². The Labute approximate surface area is 111 Å². The molecule has 2 aromatic rings. The molecule has 2 N–H and O–H groups in total. The lowest BCUT2D eigenvalue weighted by Crippen LogP contribution is -2.05. The lowest BCUT2D eigenvalue weighted by atomic mass is 10.2. The molecule has 0 bridgehead atoms. The van der Waals surface area contributed by atoms with E-state index in [9.17, 15) is 12.8 Å². The van der Waals surface area contributed by atoms with Crippen LogP contribution in [0.4, 0.5) is 10.1 Å². The minimum Gasteiger partial charge on any atom is -0.399 e. The van der Waals surface area contributed by atoms with E-state index in [1.54, 1.807) is 24.3 Å². The highest BCUT2D eigenvalue weighted by atomic mass is 32.2. The SMILES string of the molecule is Cc1ccc(S(=O)(=O)Cc2cc(N)cc(F)c2)cc1. The minimum atomic E-state index is -3.49. The molecule has 2 rings (SSSR count). The number of halogens is 1. The normalized spacial score (nSPS) is 11.5. The second-order valence-electron chi connectivity index (χ2n) is 4.46. The van der Waals surface area contributed by atoms with Crippen LogP contribution in [0.5, 0.6) is 0 Å². The van der Waals surface area contributed by atoms with Crippen molar-refractivity contribution >= 4 is 15.5 Å². The Morgan fingerprint density at radius 2 is 1.74 bits per heavy atom. The highest BCUT2D eigenvalue weighted by Crippen LogP contribution is 2.19. The molecule has 0 aliphatic carbocycles. The van der Waals surface area contributed by atoms with Gasteiger partial charge in [-0.3, -0.25) is 0 Å². The molecule has 0 radical (unpaired) electrons. The van der Waals surface area contributed by atoms with Crippen molar-refractivity contribution in [1.29, 1.82) is 0 Å². The van der Waals surface area contributed by atoms with Crippen LogP contribution in [0.15, 0.2) is 47.4 Å². The third-order valence-corrected chi connectivity index (χ3v) is 4.42. The summed E-state index contributed by atoms with van der Waals surface area (Å²) in [5.41, 5.74) is 7.04. The molecule has 0 heterocycles. The first-order valence-electron chi connectivity index (χ1n) is 5.71. The molecule has 2 aromatic carbocycles. The van der Waals surface area contributed by atoms with Crippen LogP contribution in [0, 0.1) is 12.7 Å². The monoisotopic (exact) mass is 279 g/mol. The van der Waals surface area contributed by atoms with Gasteiger partial charge in [-0.1, -0.05) is 17.7 Å². The standard InChI is InChI=1S/C14H14FNO2S/c1-10-2-4-14(5-3-10)19(17,18)9-11-6-12(15)8-13(16)7-11/h2-8H,9,16H2,1H3. The third kappa shape index (κ3) is 3.32. The number of nitrogen functional groups attached to an aromatic ring is 1. The second-order valence-corrected chi connectivity index (χ2v) is 6.45.